The molecule has 5 heteroatoms. The molecule has 4 nitrogen and oxygen atoms in total. The predicted molar refractivity (Wildman–Crippen MR) is 65.9 cm³/mol. The third kappa shape index (κ3) is 3.43. The van der Waals surface area contributed by atoms with Crippen LogP contribution >= 0.6 is 0 Å². The van der Waals surface area contributed by atoms with Crippen molar-refractivity contribution in [2.75, 3.05) is 19.6 Å². The molecule has 18 heavy (non-hydrogen) atoms. The summed E-state index contributed by atoms with van der Waals surface area (Å²) < 4.78 is 18.2. The number of halogens is 1. The van der Waals surface area contributed by atoms with Gasteiger partial charge in [0.2, 0.25) is 5.91 Å². The molecule has 1 aliphatic rings. The third-order valence-corrected chi connectivity index (χ3v) is 2.87. The molecule has 2 rings (SSSR count). The lowest BCUT2D eigenvalue weighted by atomic mass is 10.0. The molecule has 98 valence electrons. The zero-order valence-corrected chi connectivity index (χ0v) is 10.3. The minimum Gasteiger partial charge on any atom is -0.489 e. The summed E-state index contributed by atoms with van der Waals surface area (Å²) in [4.78, 5) is 11.6. The molecule has 0 aromatic heterocycles. The highest BCUT2D eigenvalue weighted by Crippen LogP contribution is 2.12. The van der Waals surface area contributed by atoms with Gasteiger partial charge in [-0.15, -0.1) is 0 Å². The van der Waals surface area contributed by atoms with E-state index in [-0.39, 0.29) is 23.7 Å². The van der Waals surface area contributed by atoms with E-state index >= 15 is 0 Å². The number of nitrogens with one attached hydrogen (secondary N) is 2. The molecule has 1 aromatic carbocycles. The number of hydrogen-bond donors (Lipinski definition) is 2. The number of hydrogen-bond acceptors (Lipinski definition) is 3. The van der Waals surface area contributed by atoms with Gasteiger partial charge < -0.3 is 15.4 Å². The predicted octanol–water partition coefficient (Wildman–Crippen LogP) is 0.929. The fourth-order valence-corrected chi connectivity index (χ4v) is 1.65. The van der Waals surface area contributed by atoms with Crippen LogP contribution in [0.25, 0.3) is 0 Å². The van der Waals surface area contributed by atoms with Crippen molar-refractivity contribution in [3.63, 3.8) is 0 Å². The van der Waals surface area contributed by atoms with Crippen LogP contribution in [-0.2, 0) is 4.79 Å². The standard InChI is InChI=1S/C13H17FN2O2/c1-9(6-16-13(17)10-7-15-8-10)18-12-4-2-11(14)3-5-12/h2-5,9-10,15H,6-8H2,1H3,(H,16,17). The second-order valence-corrected chi connectivity index (χ2v) is 4.48. The molecule has 1 atom stereocenters. The van der Waals surface area contributed by atoms with Crippen molar-refractivity contribution in [3.05, 3.63) is 30.1 Å². The molecule has 1 aliphatic heterocycles. The molecule has 1 aromatic rings. The summed E-state index contributed by atoms with van der Waals surface area (Å²) in [7, 11) is 0. The van der Waals surface area contributed by atoms with Crippen LogP contribution in [0.1, 0.15) is 6.92 Å². The smallest absolute Gasteiger partial charge is 0.225 e. The van der Waals surface area contributed by atoms with E-state index in [1.807, 2.05) is 6.92 Å². The van der Waals surface area contributed by atoms with Crippen LogP contribution in [0, 0.1) is 11.7 Å². The Balaban J connectivity index is 1.72. The molecule has 0 bridgehead atoms. The molecule has 1 saturated heterocycles. The van der Waals surface area contributed by atoms with E-state index in [0.717, 1.165) is 13.1 Å². The zero-order chi connectivity index (χ0) is 13.0. The van der Waals surface area contributed by atoms with Gasteiger partial charge in [-0.3, -0.25) is 4.79 Å². The largest absolute Gasteiger partial charge is 0.489 e. The second-order valence-electron chi connectivity index (χ2n) is 4.48. The summed E-state index contributed by atoms with van der Waals surface area (Å²) in [5.74, 6) is 0.454. The SMILES string of the molecule is CC(CNC(=O)C1CNC1)Oc1ccc(F)cc1. The van der Waals surface area contributed by atoms with Crippen molar-refractivity contribution in [2.24, 2.45) is 5.92 Å². The van der Waals surface area contributed by atoms with Gasteiger partial charge in [0.15, 0.2) is 0 Å². The van der Waals surface area contributed by atoms with Crippen LogP contribution in [0.2, 0.25) is 0 Å². The Morgan fingerprint density at radius 1 is 1.50 bits per heavy atom. The second kappa shape index (κ2) is 5.82. The van der Waals surface area contributed by atoms with Crippen LogP contribution in [0.3, 0.4) is 0 Å². The lowest BCUT2D eigenvalue weighted by molar-refractivity contribution is -0.126. The molecule has 0 spiro atoms. The summed E-state index contributed by atoms with van der Waals surface area (Å²) >= 11 is 0. The van der Waals surface area contributed by atoms with Crippen LogP contribution in [0.15, 0.2) is 24.3 Å². The molecular weight excluding hydrogens is 235 g/mol. The summed E-state index contributed by atoms with van der Waals surface area (Å²) in [5, 5.41) is 5.89. The summed E-state index contributed by atoms with van der Waals surface area (Å²) in [6.07, 6.45) is -0.146. The zero-order valence-electron chi connectivity index (χ0n) is 10.3. The van der Waals surface area contributed by atoms with Crippen molar-refractivity contribution in [3.8, 4) is 5.75 Å². The average Bonchev–Trinajstić information content (AvgIpc) is 2.27. The minimum absolute atomic E-state index is 0.0586. The maximum atomic E-state index is 12.7. The Hall–Kier alpha value is -1.62. The van der Waals surface area contributed by atoms with E-state index in [1.54, 1.807) is 12.1 Å². The highest BCUT2D eigenvalue weighted by Gasteiger charge is 2.24. The first-order valence-electron chi connectivity index (χ1n) is 6.06. The molecule has 0 aliphatic carbocycles. The number of carbonyl (C=O) groups excluding carboxylic acids is 1. The molecule has 1 heterocycles. The topological polar surface area (TPSA) is 50.4 Å². The van der Waals surface area contributed by atoms with Crippen molar-refractivity contribution < 1.29 is 13.9 Å². The first-order chi connectivity index (χ1) is 8.65. The van der Waals surface area contributed by atoms with E-state index in [2.05, 4.69) is 10.6 Å². The van der Waals surface area contributed by atoms with Gasteiger partial charge in [-0.1, -0.05) is 0 Å². The Morgan fingerprint density at radius 2 is 2.17 bits per heavy atom. The monoisotopic (exact) mass is 252 g/mol. The molecule has 1 unspecified atom stereocenters. The van der Waals surface area contributed by atoms with E-state index in [4.69, 9.17) is 4.74 Å². The highest BCUT2D eigenvalue weighted by molar-refractivity contribution is 5.80. The molecule has 0 radical (unpaired) electrons. The van der Waals surface area contributed by atoms with Gasteiger partial charge in [-0.2, -0.15) is 0 Å². The van der Waals surface area contributed by atoms with Gasteiger partial charge in [0, 0.05) is 13.1 Å². The summed E-state index contributed by atoms with van der Waals surface area (Å²) in [6, 6.07) is 5.84. The van der Waals surface area contributed by atoms with Gasteiger partial charge in [-0.25, -0.2) is 4.39 Å². The summed E-state index contributed by atoms with van der Waals surface area (Å²) in [5.41, 5.74) is 0. The fourth-order valence-electron chi connectivity index (χ4n) is 1.65. The van der Waals surface area contributed by atoms with Crippen molar-refractivity contribution in [2.45, 2.75) is 13.0 Å². The van der Waals surface area contributed by atoms with Gasteiger partial charge >= 0.3 is 0 Å². The number of benzene rings is 1. The third-order valence-electron chi connectivity index (χ3n) is 2.87. The minimum atomic E-state index is -0.291. The Kier molecular flexibility index (Phi) is 4.15. The lowest BCUT2D eigenvalue weighted by Gasteiger charge is -2.26. The first-order valence-corrected chi connectivity index (χ1v) is 6.06. The van der Waals surface area contributed by atoms with Crippen molar-refractivity contribution in [1.29, 1.82) is 0 Å². The van der Waals surface area contributed by atoms with Crippen LogP contribution in [0.5, 0.6) is 5.75 Å². The Labute approximate surface area is 106 Å². The van der Waals surface area contributed by atoms with Gasteiger partial charge in [0.25, 0.3) is 0 Å². The Bertz CT molecular complexity index is 404. The highest BCUT2D eigenvalue weighted by atomic mass is 19.1. The van der Waals surface area contributed by atoms with E-state index in [1.165, 1.54) is 12.1 Å². The number of amides is 1. The van der Waals surface area contributed by atoms with E-state index < -0.39 is 0 Å². The number of ether oxygens (including phenoxy) is 1. The maximum absolute atomic E-state index is 12.7. The van der Waals surface area contributed by atoms with Crippen LogP contribution in [0.4, 0.5) is 4.39 Å². The number of carbonyl (C=O) groups is 1. The average molecular weight is 252 g/mol. The molecular formula is C13H17FN2O2. The fraction of sp³-hybridized carbons (Fsp3) is 0.462. The molecule has 2 N–H and O–H groups in total. The summed E-state index contributed by atoms with van der Waals surface area (Å²) in [6.45, 7) is 3.81. The van der Waals surface area contributed by atoms with E-state index in [9.17, 15) is 9.18 Å². The normalized spacial score (nSPS) is 16.8. The van der Waals surface area contributed by atoms with E-state index in [0.29, 0.717) is 12.3 Å². The lowest BCUT2D eigenvalue weighted by Crippen LogP contribution is -2.51. The van der Waals surface area contributed by atoms with Gasteiger partial charge in [-0.05, 0) is 31.2 Å². The number of rotatable bonds is 5. The molecule has 0 saturated carbocycles. The molecule has 1 fully saturated rings. The van der Waals surface area contributed by atoms with Gasteiger partial charge in [0.05, 0.1) is 12.5 Å². The quantitative estimate of drug-likeness (QED) is 0.819. The van der Waals surface area contributed by atoms with Crippen molar-refractivity contribution >= 4 is 5.91 Å². The first kappa shape index (κ1) is 12.8. The maximum Gasteiger partial charge on any atom is 0.225 e. The molecule has 1 amide bonds. The Morgan fingerprint density at radius 3 is 2.72 bits per heavy atom. The van der Waals surface area contributed by atoms with Crippen molar-refractivity contribution in [1.82, 2.24) is 10.6 Å². The van der Waals surface area contributed by atoms with Crippen LogP contribution < -0.4 is 15.4 Å². The van der Waals surface area contributed by atoms with Crippen LogP contribution in [-0.4, -0.2) is 31.6 Å². The van der Waals surface area contributed by atoms with Gasteiger partial charge in [0.1, 0.15) is 17.7 Å².